The highest BCUT2D eigenvalue weighted by Gasteiger charge is 2.28. The molecule has 1 N–H and O–H groups in total. The van der Waals surface area contributed by atoms with E-state index in [1.165, 1.54) is 16.9 Å². The van der Waals surface area contributed by atoms with E-state index < -0.39 is 5.97 Å². The van der Waals surface area contributed by atoms with Gasteiger partial charge >= 0.3 is 5.97 Å². The highest BCUT2D eigenvalue weighted by Crippen LogP contribution is 2.25. The Balaban J connectivity index is 1.62. The Hall–Kier alpha value is -2.12. The van der Waals surface area contributed by atoms with Crippen molar-refractivity contribution in [2.75, 3.05) is 33.8 Å². The van der Waals surface area contributed by atoms with Gasteiger partial charge in [0.2, 0.25) is 0 Å². The molecule has 1 fully saturated rings. The molecular formula is C22H31N3O3S. The van der Waals surface area contributed by atoms with E-state index in [1.54, 1.807) is 4.90 Å². The van der Waals surface area contributed by atoms with E-state index in [4.69, 9.17) is 4.74 Å². The van der Waals surface area contributed by atoms with Crippen LogP contribution in [0.4, 0.5) is 0 Å². The lowest BCUT2D eigenvalue weighted by atomic mass is 10.1. The zero-order valence-corrected chi connectivity index (χ0v) is 18.8. The van der Waals surface area contributed by atoms with Gasteiger partial charge in [0.25, 0.3) is 5.91 Å². The fourth-order valence-electron chi connectivity index (χ4n) is 4.17. The van der Waals surface area contributed by atoms with E-state index in [2.05, 4.69) is 28.9 Å². The van der Waals surface area contributed by atoms with Gasteiger partial charge in [0.15, 0.2) is 0 Å². The molecule has 7 heteroatoms. The lowest BCUT2D eigenvalue weighted by molar-refractivity contribution is 0.0599. The Morgan fingerprint density at radius 2 is 2.10 bits per heavy atom. The van der Waals surface area contributed by atoms with Crippen LogP contribution >= 0.6 is 11.3 Å². The average molecular weight is 418 g/mol. The van der Waals surface area contributed by atoms with Crippen LogP contribution in [0.25, 0.3) is 0 Å². The largest absolute Gasteiger partial charge is 0.465 e. The lowest BCUT2D eigenvalue weighted by Gasteiger charge is -2.22. The first-order valence-corrected chi connectivity index (χ1v) is 11.0. The molecule has 29 heavy (non-hydrogen) atoms. The van der Waals surface area contributed by atoms with Gasteiger partial charge in [0, 0.05) is 42.1 Å². The second-order valence-corrected chi connectivity index (χ2v) is 9.28. The minimum atomic E-state index is -0.396. The number of methoxy groups -OCH3 is 1. The third kappa shape index (κ3) is 4.73. The van der Waals surface area contributed by atoms with Gasteiger partial charge in [-0.2, -0.15) is 0 Å². The number of carbonyl (C=O) groups is 2. The van der Waals surface area contributed by atoms with Crippen molar-refractivity contribution in [2.45, 2.75) is 40.2 Å². The summed E-state index contributed by atoms with van der Waals surface area (Å²) in [7, 11) is 3.21. The molecule has 0 aliphatic carbocycles. The lowest BCUT2D eigenvalue weighted by Crippen LogP contribution is -2.33. The van der Waals surface area contributed by atoms with Crippen LogP contribution in [-0.4, -0.2) is 60.5 Å². The zero-order valence-electron chi connectivity index (χ0n) is 18.0. The number of amides is 1. The number of hydrogen-bond donors (Lipinski definition) is 1. The molecule has 1 aliphatic heterocycles. The van der Waals surface area contributed by atoms with Crippen molar-refractivity contribution in [3.05, 3.63) is 44.4 Å². The summed E-state index contributed by atoms with van der Waals surface area (Å²) >= 11 is 1.86. The molecule has 1 amide bonds. The summed E-state index contributed by atoms with van der Waals surface area (Å²) in [5.74, 6) is -0.00163. The molecule has 3 heterocycles. The average Bonchev–Trinajstić information content (AvgIpc) is 3.40. The van der Waals surface area contributed by atoms with Gasteiger partial charge in [-0.25, -0.2) is 4.79 Å². The van der Waals surface area contributed by atoms with Crippen molar-refractivity contribution >= 4 is 23.2 Å². The maximum absolute atomic E-state index is 13.1. The normalized spacial score (nSPS) is 16.9. The number of aromatic nitrogens is 1. The molecule has 3 rings (SSSR count). The Morgan fingerprint density at radius 3 is 2.72 bits per heavy atom. The third-order valence-electron chi connectivity index (χ3n) is 5.71. The van der Waals surface area contributed by atoms with Crippen molar-refractivity contribution in [2.24, 2.45) is 5.92 Å². The number of aromatic amines is 1. The van der Waals surface area contributed by atoms with E-state index in [0.717, 1.165) is 31.7 Å². The summed E-state index contributed by atoms with van der Waals surface area (Å²) in [4.78, 5) is 35.3. The van der Waals surface area contributed by atoms with Crippen LogP contribution in [0.3, 0.4) is 0 Å². The molecule has 158 valence electrons. The van der Waals surface area contributed by atoms with Crippen LogP contribution < -0.4 is 0 Å². The van der Waals surface area contributed by atoms with Crippen LogP contribution in [0.5, 0.6) is 0 Å². The summed E-state index contributed by atoms with van der Waals surface area (Å²) in [6, 6.07) is 4.38. The van der Waals surface area contributed by atoms with Gasteiger partial charge in [-0.15, -0.1) is 11.3 Å². The van der Waals surface area contributed by atoms with E-state index in [0.29, 0.717) is 35.7 Å². The second-order valence-electron chi connectivity index (χ2n) is 7.91. The topological polar surface area (TPSA) is 65.6 Å². The maximum Gasteiger partial charge on any atom is 0.339 e. The van der Waals surface area contributed by atoms with E-state index in [1.807, 2.05) is 32.2 Å². The number of H-pyrrole nitrogens is 1. The van der Waals surface area contributed by atoms with E-state index in [9.17, 15) is 9.59 Å². The third-order valence-corrected chi connectivity index (χ3v) is 6.69. The summed E-state index contributed by atoms with van der Waals surface area (Å²) in [6.07, 6.45) is 1.74. The monoisotopic (exact) mass is 417 g/mol. The summed E-state index contributed by atoms with van der Waals surface area (Å²) < 4.78 is 4.89. The van der Waals surface area contributed by atoms with Crippen LogP contribution in [0.2, 0.25) is 0 Å². The van der Waals surface area contributed by atoms with Crippen LogP contribution in [0.1, 0.15) is 55.2 Å². The predicted molar refractivity (Wildman–Crippen MR) is 116 cm³/mol. The van der Waals surface area contributed by atoms with Crippen LogP contribution in [0.15, 0.2) is 12.1 Å². The molecule has 6 nitrogen and oxygen atoms in total. The number of likely N-dealkylation sites (tertiary alicyclic amines) is 1. The van der Waals surface area contributed by atoms with Crippen LogP contribution in [0, 0.1) is 19.8 Å². The van der Waals surface area contributed by atoms with Gasteiger partial charge in [0.1, 0.15) is 5.69 Å². The summed E-state index contributed by atoms with van der Waals surface area (Å²) in [6.45, 7) is 9.68. The highest BCUT2D eigenvalue weighted by molar-refractivity contribution is 7.11. The molecular weight excluding hydrogens is 386 g/mol. The quantitative estimate of drug-likeness (QED) is 0.699. The minimum absolute atomic E-state index is 0.0697. The number of hydrogen-bond acceptors (Lipinski definition) is 5. The predicted octanol–water partition coefficient (Wildman–Crippen LogP) is 3.64. The number of carbonyl (C=O) groups excluding carboxylic acids is 2. The van der Waals surface area contributed by atoms with Gasteiger partial charge in [0.05, 0.1) is 12.7 Å². The number of nitrogens with zero attached hydrogens (tertiary/aromatic N) is 2. The molecule has 1 atom stereocenters. The van der Waals surface area contributed by atoms with Gasteiger partial charge < -0.3 is 14.6 Å². The summed E-state index contributed by atoms with van der Waals surface area (Å²) in [5, 5.41) is 0. The second kappa shape index (κ2) is 9.13. The summed E-state index contributed by atoms with van der Waals surface area (Å²) in [5.41, 5.74) is 2.41. The van der Waals surface area contributed by atoms with E-state index in [-0.39, 0.29) is 5.91 Å². The Kier molecular flexibility index (Phi) is 6.80. The first-order valence-electron chi connectivity index (χ1n) is 10.2. The van der Waals surface area contributed by atoms with Gasteiger partial charge in [-0.05, 0) is 56.8 Å². The van der Waals surface area contributed by atoms with Gasteiger partial charge in [-0.1, -0.05) is 6.92 Å². The number of ether oxygens (including phenoxy) is 1. The SMILES string of the molecule is CCc1[nH]c(C(=O)N(C)CC2CCN(Cc3ccc(C)s3)C2)c(C)c1C(=O)OC. The molecule has 0 spiro atoms. The molecule has 1 saturated heterocycles. The minimum Gasteiger partial charge on any atom is -0.465 e. The number of aryl methyl sites for hydroxylation is 2. The number of rotatable bonds is 7. The standard InChI is InChI=1S/C22H31N3O3S/c1-6-18-19(22(27)28-5)15(3)20(23-18)21(26)24(4)11-16-9-10-25(12-16)13-17-8-7-14(2)29-17/h7-8,16,23H,6,9-13H2,1-5H3. The zero-order chi connectivity index (χ0) is 21.1. The van der Waals surface area contributed by atoms with Crippen molar-refractivity contribution in [1.29, 1.82) is 0 Å². The fraction of sp³-hybridized carbons (Fsp3) is 0.545. The number of thiophene rings is 1. The van der Waals surface area contributed by atoms with Crippen molar-refractivity contribution in [3.8, 4) is 0 Å². The van der Waals surface area contributed by atoms with Gasteiger partial charge in [-0.3, -0.25) is 9.69 Å². The molecule has 2 aromatic heterocycles. The number of nitrogens with one attached hydrogen (secondary N) is 1. The first kappa shape index (κ1) is 21.6. The molecule has 1 aliphatic rings. The Bertz CT molecular complexity index is 886. The maximum atomic E-state index is 13.1. The van der Waals surface area contributed by atoms with E-state index >= 15 is 0 Å². The molecule has 0 radical (unpaired) electrons. The molecule has 0 bridgehead atoms. The Morgan fingerprint density at radius 1 is 1.34 bits per heavy atom. The first-order chi connectivity index (χ1) is 13.8. The molecule has 1 unspecified atom stereocenters. The molecule has 0 saturated carbocycles. The van der Waals surface area contributed by atoms with Crippen LogP contribution in [-0.2, 0) is 17.7 Å². The highest BCUT2D eigenvalue weighted by atomic mass is 32.1. The number of esters is 1. The fourth-order valence-corrected chi connectivity index (χ4v) is 5.11. The van der Waals surface area contributed by atoms with Crippen molar-refractivity contribution in [1.82, 2.24) is 14.8 Å². The smallest absolute Gasteiger partial charge is 0.339 e. The molecule has 2 aromatic rings. The Labute approximate surface area is 176 Å². The van der Waals surface area contributed by atoms with Crippen molar-refractivity contribution < 1.29 is 14.3 Å². The van der Waals surface area contributed by atoms with Crippen molar-refractivity contribution in [3.63, 3.8) is 0 Å². The molecule has 0 aromatic carbocycles.